The lowest BCUT2D eigenvalue weighted by Gasteiger charge is -2.17. The molecule has 0 fully saturated rings. The molecular formula is C15H28N2O. The highest BCUT2D eigenvalue weighted by atomic mass is 16.3. The summed E-state index contributed by atoms with van der Waals surface area (Å²) >= 11 is 0. The summed E-state index contributed by atoms with van der Waals surface area (Å²) in [6.07, 6.45) is 3.03. The zero-order valence-electron chi connectivity index (χ0n) is 12.5. The van der Waals surface area contributed by atoms with Crippen LogP contribution in [0.4, 0.5) is 0 Å². The van der Waals surface area contributed by atoms with Gasteiger partial charge in [0.25, 0.3) is 0 Å². The van der Waals surface area contributed by atoms with Gasteiger partial charge in [-0.2, -0.15) is 0 Å². The fraction of sp³-hybridized carbons (Fsp3) is 0.733. The van der Waals surface area contributed by atoms with Crippen molar-refractivity contribution >= 4 is 0 Å². The Bertz CT molecular complexity index is 331. The van der Waals surface area contributed by atoms with Crippen LogP contribution in [0.25, 0.3) is 0 Å². The summed E-state index contributed by atoms with van der Waals surface area (Å²) < 4.78 is 5.59. The number of furan rings is 1. The molecule has 1 aromatic rings. The number of hydrogen-bond donors (Lipinski definition) is 1. The molecule has 0 unspecified atom stereocenters. The van der Waals surface area contributed by atoms with Crippen LogP contribution < -0.4 is 5.32 Å². The third-order valence-corrected chi connectivity index (χ3v) is 3.04. The van der Waals surface area contributed by atoms with E-state index in [0.29, 0.717) is 6.04 Å². The Morgan fingerprint density at radius 2 is 2.00 bits per heavy atom. The van der Waals surface area contributed by atoms with E-state index in [2.05, 4.69) is 51.0 Å². The summed E-state index contributed by atoms with van der Waals surface area (Å²) in [4.78, 5) is 2.33. The molecule has 3 nitrogen and oxygen atoms in total. The first-order valence-corrected chi connectivity index (χ1v) is 6.96. The van der Waals surface area contributed by atoms with Gasteiger partial charge < -0.3 is 9.73 Å². The molecule has 1 aromatic heterocycles. The van der Waals surface area contributed by atoms with Crippen LogP contribution in [-0.4, -0.2) is 24.5 Å². The van der Waals surface area contributed by atoms with Gasteiger partial charge in [-0.1, -0.05) is 27.7 Å². The highest BCUT2D eigenvalue weighted by molar-refractivity contribution is 5.16. The Morgan fingerprint density at radius 3 is 2.61 bits per heavy atom. The minimum Gasteiger partial charge on any atom is -0.468 e. The maximum absolute atomic E-state index is 5.59. The molecule has 0 aliphatic heterocycles. The Labute approximate surface area is 112 Å². The third-order valence-electron chi connectivity index (χ3n) is 3.04. The van der Waals surface area contributed by atoms with Gasteiger partial charge in [-0.3, -0.25) is 4.90 Å². The van der Waals surface area contributed by atoms with Crippen LogP contribution in [0.2, 0.25) is 0 Å². The van der Waals surface area contributed by atoms with Crippen molar-refractivity contribution in [3.05, 3.63) is 23.7 Å². The molecule has 3 heteroatoms. The van der Waals surface area contributed by atoms with Crippen LogP contribution in [0.5, 0.6) is 0 Å². The standard InChI is InChI=1S/C15H28N2O/c1-12(2)6-8-17(5)11-15-14(7-9-18-15)10-16-13(3)4/h7,9,12-13,16H,6,8,10-11H2,1-5H3. The normalized spacial score (nSPS) is 12.0. The van der Waals surface area contributed by atoms with Gasteiger partial charge in [0, 0.05) is 18.2 Å². The van der Waals surface area contributed by atoms with Crippen LogP contribution in [-0.2, 0) is 13.1 Å². The zero-order chi connectivity index (χ0) is 13.5. The van der Waals surface area contributed by atoms with Gasteiger partial charge in [0.15, 0.2) is 0 Å². The lowest BCUT2D eigenvalue weighted by molar-refractivity contribution is 0.276. The van der Waals surface area contributed by atoms with Gasteiger partial charge in [0.05, 0.1) is 12.8 Å². The van der Waals surface area contributed by atoms with Crippen molar-refractivity contribution in [3.8, 4) is 0 Å². The number of nitrogens with one attached hydrogen (secondary N) is 1. The van der Waals surface area contributed by atoms with E-state index in [-0.39, 0.29) is 0 Å². The molecule has 1 heterocycles. The highest BCUT2D eigenvalue weighted by Gasteiger charge is 2.10. The summed E-state index contributed by atoms with van der Waals surface area (Å²) in [5.74, 6) is 1.85. The second-order valence-corrected chi connectivity index (χ2v) is 5.82. The molecule has 0 aliphatic carbocycles. The van der Waals surface area contributed by atoms with Gasteiger partial charge in [0.1, 0.15) is 5.76 Å². The van der Waals surface area contributed by atoms with Crippen molar-refractivity contribution in [1.82, 2.24) is 10.2 Å². The second kappa shape index (κ2) is 7.59. The summed E-state index contributed by atoms with van der Waals surface area (Å²) in [5.41, 5.74) is 1.28. The van der Waals surface area contributed by atoms with E-state index in [1.807, 2.05) is 0 Å². The molecule has 0 aromatic carbocycles. The fourth-order valence-corrected chi connectivity index (χ4v) is 1.78. The topological polar surface area (TPSA) is 28.4 Å². The largest absolute Gasteiger partial charge is 0.468 e. The summed E-state index contributed by atoms with van der Waals surface area (Å²) in [5, 5.41) is 3.43. The predicted molar refractivity (Wildman–Crippen MR) is 76.5 cm³/mol. The summed E-state index contributed by atoms with van der Waals surface area (Å²) in [6, 6.07) is 2.58. The SMILES string of the molecule is CC(C)CCN(C)Cc1occc1CNC(C)C. The van der Waals surface area contributed by atoms with Crippen molar-refractivity contribution < 1.29 is 4.42 Å². The fourth-order valence-electron chi connectivity index (χ4n) is 1.78. The van der Waals surface area contributed by atoms with Crippen molar-refractivity contribution in [3.63, 3.8) is 0 Å². The first-order chi connectivity index (χ1) is 8.49. The minimum absolute atomic E-state index is 0.506. The molecule has 0 radical (unpaired) electrons. The van der Waals surface area contributed by atoms with E-state index in [9.17, 15) is 0 Å². The maximum Gasteiger partial charge on any atom is 0.122 e. The van der Waals surface area contributed by atoms with Crippen LogP contribution in [0.15, 0.2) is 16.7 Å². The van der Waals surface area contributed by atoms with Crippen molar-refractivity contribution in [1.29, 1.82) is 0 Å². The van der Waals surface area contributed by atoms with Gasteiger partial charge in [-0.15, -0.1) is 0 Å². The van der Waals surface area contributed by atoms with Crippen molar-refractivity contribution in [2.24, 2.45) is 5.92 Å². The van der Waals surface area contributed by atoms with Crippen LogP contribution >= 0.6 is 0 Å². The molecular weight excluding hydrogens is 224 g/mol. The molecule has 0 atom stereocenters. The van der Waals surface area contributed by atoms with Gasteiger partial charge >= 0.3 is 0 Å². The maximum atomic E-state index is 5.59. The van der Waals surface area contributed by atoms with Crippen LogP contribution in [0.1, 0.15) is 45.4 Å². The lowest BCUT2D eigenvalue weighted by atomic mass is 10.1. The van der Waals surface area contributed by atoms with Crippen LogP contribution in [0, 0.1) is 5.92 Å². The minimum atomic E-state index is 0.506. The van der Waals surface area contributed by atoms with Crippen LogP contribution in [0.3, 0.4) is 0 Å². The van der Waals surface area contributed by atoms with E-state index in [0.717, 1.165) is 31.3 Å². The Balaban J connectivity index is 2.43. The predicted octanol–water partition coefficient (Wildman–Crippen LogP) is 3.26. The monoisotopic (exact) mass is 252 g/mol. The first-order valence-electron chi connectivity index (χ1n) is 6.96. The van der Waals surface area contributed by atoms with E-state index in [1.165, 1.54) is 12.0 Å². The summed E-state index contributed by atoms with van der Waals surface area (Å²) in [6.45, 7) is 11.8. The molecule has 0 bridgehead atoms. The molecule has 0 amide bonds. The van der Waals surface area contributed by atoms with E-state index in [1.54, 1.807) is 6.26 Å². The Hall–Kier alpha value is -0.800. The smallest absolute Gasteiger partial charge is 0.122 e. The molecule has 18 heavy (non-hydrogen) atoms. The first kappa shape index (κ1) is 15.3. The molecule has 1 rings (SSSR count). The number of rotatable bonds is 8. The van der Waals surface area contributed by atoms with Gasteiger partial charge in [-0.25, -0.2) is 0 Å². The zero-order valence-corrected chi connectivity index (χ0v) is 12.5. The lowest BCUT2D eigenvalue weighted by Crippen LogP contribution is -2.24. The van der Waals surface area contributed by atoms with Gasteiger partial charge in [0.2, 0.25) is 0 Å². The molecule has 0 spiro atoms. The summed E-state index contributed by atoms with van der Waals surface area (Å²) in [7, 11) is 2.16. The average Bonchev–Trinajstić information content (AvgIpc) is 2.71. The van der Waals surface area contributed by atoms with Crippen molar-refractivity contribution in [2.75, 3.05) is 13.6 Å². The molecule has 1 N–H and O–H groups in total. The molecule has 0 aliphatic rings. The highest BCUT2D eigenvalue weighted by Crippen LogP contribution is 2.13. The Morgan fingerprint density at radius 1 is 1.28 bits per heavy atom. The van der Waals surface area contributed by atoms with E-state index in [4.69, 9.17) is 4.42 Å². The Kier molecular flexibility index (Phi) is 6.44. The number of nitrogens with zero attached hydrogens (tertiary/aromatic N) is 1. The molecule has 0 saturated heterocycles. The van der Waals surface area contributed by atoms with Gasteiger partial charge in [-0.05, 0) is 32.0 Å². The second-order valence-electron chi connectivity index (χ2n) is 5.82. The quantitative estimate of drug-likeness (QED) is 0.770. The number of hydrogen-bond acceptors (Lipinski definition) is 3. The molecule has 0 saturated carbocycles. The third kappa shape index (κ3) is 5.69. The van der Waals surface area contributed by atoms with E-state index < -0.39 is 0 Å². The van der Waals surface area contributed by atoms with Crippen molar-refractivity contribution in [2.45, 2.75) is 53.2 Å². The average molecular weight is 252 g/mol. The van der Waals surface area contributed by atoms with E-state index >= 15 is 0 Å². The molecule has 104 valence electrons.